The number of carbonyl (C=O) groups excluding carboxylic acids is 3. The Balaban J connectivity index is 1.64. The summed E-state index contributed by atoms with van der Waals surface area (Å²) in [6.07, 6.45) is -1.10. The normalized spacial score (nSPS) is 19.4. The minimum Gasteiger partial charge on any atom is -0.497 e. The summed E-state index contributed by atoms with van der Waals surface area (Å²) in [6, 6.07) is 12.8. The summed E-state index contributed by atoms with van der Waals surface area (Å²) < 4.78 is 10.6. The van der Waals surface area contributed by atoms with Crippen LogP contribution in [0.4, 0.5) is 4.79 Å². The maximum absolute atomic E-state index is 12.9. The Morgan fingerprint density at radius 3 is 2.50 bits per heavy atom. The number of methoxy groups -OCH3 is 1. The molecule has 8 nitrogen and oxygen atoms in total. The first kappa shape index (κ1) is 21.3. The van der Waals surface area contributed by atoms with E-state index in [0.29, 0.717) is 22.6 Å². The molecule has 0 aliphatic carbocycles. The number of imide groups is 1. The fourth-order valence-corrected chi connectivity index (χ4v) is 3.24. The van der Waals surface area contributed by atoms with Gasteiger partial charge in [0.25, 0.3) is 5.91 Å². The number of nitrogens with zero attached hydrogens (tertiary/aromatic N) is 1. The molecule has 1 fully saturated rings. The quantitative estimate of drug-likeness (QED) is 0.508. The maximum Gasteiger partial charge on any atom is 0.325 e. The molecule has 2 N–H and O–H groups in total. The van der Waals surface area contributed by atoms with Crippen LogP contribution in [-0.4, -0.2) is 54.1 Å². The Bertz CT molecular complexity index is 958. The van der Waals surface area contributed by atoms with Gasteiger partial charge >= 0.3 is 6.03 Å². The number of urea groups is 1. The molecule has 1 aliphatic rings. The molecule has 0 saturated carbocycles. The van der Waals surface area contributed by atoms with E-state index >= 15 is 0 Å². The van der Waals surface area contributed by atoms with Gasteiger partial charge < -0.3 is 19.9 Å². The van der Waals surface area contributed by atoms with Crippen molar-refractivity contribution in [2.75, 3.05) is 20.3 Å². The first-order valence-electron chi connectivity index (χ1n) is 9.45. The molecule has 0 aromatic heterocycles. The van der Waals surface area contributed by atoms with Gasteiger partial charge in [0, 0.05) is 5.56 Å². The molecule has 0 radical (unpaired) electrons. The fourth-order valence-electron chi connectivity index (χ4n) is 3.24. The lowest BCUT2D eigenvalue weighted by atomic mass is 9.92. The number of nitrogens with one attached hydrogen (secondary N) is 1. The van der Waals surface area contributed by atoms with Crippen LogP contribution in [0, 0.1) is 0 Å². The third-order valence-electron chi connectivity index (χ3n) is 5.02. The molecule has 3 amide bonds. The Morgan fingerprint density at radius 2 is 1.87 bits per heavy atom. The van der Waals surface area contributed by atoms with Gasteiger partial charge in [-0.25, -0.2) is 4.79 Å². The molecule has 1 aliphatic heterocycles. The Labute approximate surface area is 174 Å². The number of hydrogen-bond donors (Lipinski definition) is 2. The van der Waals surface area contributed by atoms with Gasteiger partial charge in [-0.15, -0.1) is 0 Å². The van der Waals surface area contributed by atoms with E-state index in [1.165, 1.54) is 6.92 Å². The Morgan fingerprint density at radius 1 is 1.17 bits per heavy atom. The molecule has 30 heavy (non-hydrogen) atoms. The zero-order valence-electron chi connectivity index (χ0n) is 17.0. The molecule has 0 unspecified atom stereocenters. The zero-order valence-corrected chi connectivity index (χ0v) is 17.0. The van der Waals surface area contributed by atoms with E-state index in [-0.39, 0.29) is 18.9 Å². The minimum absolute atomic E-state index is 0.0989. The van der Waals surface area contributed by atoms with Crippen molar-refractivity contribution in [3.8, 4) is 11.5 Å². The van der Waals surface area contributed by atoms with Gasteiger partial charge in [0.2, 0.25) is 0 Å². The predicted octanol–water partition coefficient (Wildman–Crippen LogP) is 2.10. The second-order valence-electron chi connectivity index (χ2n) is 7.25. The molecular weight excluding hydrogens is 388 g/mol. The highest BCUT2D eigenvalue weighted by Crippen LogP contribution is 2.30. The summed E-state index contributed by atoms with van der Waals surface area (Å²) in [5.41, 5.74) is -0.137. The highest BCUT2D eigenvalue weighted by molar-refractivity contribution is 6.07. The summed E-state index contributed by atoms with van der Waals surface area (Å²) in [5.74, 6) is 0.493. The summed E-state index contributed by atoms with van der Waals surface area (Å²) in [5, 5.41) is 13.0. The number of benzene rings is 2. The van der Waals surface area contributed by atoms with Crippen LogP contribution < -0.4 is 14.8 Å². The molecule has 1 saturated heterocycles. The lowest BCUT2D eigenvalue weighted by Gasteiger charge is -2.23. The number of carbonyl (C=O) groups is 3. The summed E-state index contributed by atoms with van der Waals surface area (Å²) in [7, 11) is 1.54. The largest absolute Gasteiger partial charge is 0.497 e. The Kier molecular flexibility index (Phi) is 6.07. The van der Waals surface area contributed by atoms with E-state index in [9.17, 15) is 19.5 Å². The number of ether oxygens (including phenoxy) is 2. The van der Waals surface area contributed by atoms with Gasteiger partial charge in [0.1, 0.15) is 29.7 Å². The first-order chi connectivity index (χ1) is 14.2. The summed E-state index contributed by atoms with van der Waals surface area (Å²) in [6.45, 7) is 2.71. The molecule has 158 valence electrons. The van der Waals surface area contributed by atoms with E-state index in [0.717, 1.165) is 4.90 Å². The number of ketones is 1. The fraction of sp³-hybridized carbons (Fsp3) is 0.318. The number of aliphatic hydroxyl groups is 1. The number of Topliss-reactive ketones (excluding diaryl/α,β-unsaturated/α-hetero) is 1. The molecule has 2 aromatic rings. The Hall–Kier alpha value is -3.39. The van der Waals surface area contributed by atoms with Crippen LogP contribution in [0.25, 0.3) is 0 Å². The predicted molar refractivity (Wildman–Crippen MR) is 109 cm³/mol. The molecule has 0 spiro atoms. The molecule has 1 heterocycles. The highest BCUT2D eigenvalue weighted by atomic mass is 16.5. The van der Waals surface area contributed by atoms with Gasteiger partial charge in [-0.1, -0.05) is 24.3 Å². The van der Waals surface area contributed by atoms with Crippen LogP contribution in [0.2, 0.25) is 0 Å². The molecule has 2 atom stereocenters. The van der Waals surface area contributed by atoms with Crippen LogP contribution in [0.5, 0.6) is 11.5 Å². The monoisotopic (exact) mass is 412 g/mol. The lowest BCUT2D eigenvalue weighted by molar-refractivity contribution is -0.132. The number of aliphatic hydroxyl groups excluding tert-OH is 1. The topological polar surface area (TPSA) is 105 Å². The zero-order chi connectivity index (χ0) is 21.9. The van der Waals surface area contributed by atoms with Gasteiger partial charge in [-0.3, -0.25) is 14.5 Å². The van der Waals surface area contributed by atoms with Gasteiger partial charge in [-0.2, -0.15) is 0 Å². The van der Waals surface area contributed by atoms with Crippen molar-refractivity contribution in [2.24, 2.45) is 0 Å². The third kappa shape index (κ3) is 4.28. The third-order valence-corrected chi connectivity index (χ3v) is 5.02. The minimum atomic E-state index is -1.24. The average molecular weight is 412 g/mol. The standard InChI is InChI=1S/C22H24N2O6/c1-14(25)15-5-4-6-19(11-15)30-13-17(26)12-24-20(27)22(2,23-21(24)28)16-7-9-18(29-3)10-8-16/h4-11,17,26H,12-13H2,1-3H3,(H,23,28)/t17-,22+/m0/s1. The van der Waals surface area contributed by atoms with E-state index in [1.807, 2.05) is 0 Å². The molecule has 0 bridgehead atoms. The smallest absolute Gasteiger partial charge is 0.325 e. The lowest BCUT2D eigenvalue weighted by Crippen LogP contribution is -2.42. The molecule has 2 aromatic carbocycles. The van der Waals surface area contributed by atoms with E-state index in [1.54, 1.807) is 62.6 Å². The van der Waals surface area contributed by atoms with Crippen LogP contribution in [0.3, 0.4) is 0 Å². The number of β-amino-alcohol motifs (C(OH)–C–C–N with tert-alkyl or cyclic N) is 1. The summed E-state index contributed by atoms with van der Waals surface area (Å²) >= 11 is 0. The average Bonchev–Trinajstić information content (AvgIpc) is 2.96. The van der Waals surface area contributed by atoms with Crippen molar-refractivity contribution in [3.63, 3.8) is 0 Å². The number of amides is 3. The van der Waals surface area contributed by atoms with E-state index < -0.39 is 23.6 Å². The highest BCUT2D eigenvalue weighted by Gasteiger charge is 2.49. The summed E-state index contributed by atoms with van der Waals surface area (Å²) in [4.78, 5) is 37.8. The van der Waals surface area contributed by atoms with Crippen LogP contribution in [-0.2, 0) is 10.3 Å². The van der Waals surface area contributed by atoms with Crippen molar-refractivity contribution < 1.29 is 29.0 Å². The molecular formula is C22H24N2O6. The molecule has 3 rings (SSSR count). The van der Waals surface area contributed by atoms with Crippen LogP contribution in [0.15, 0.2) is 48.5 Å². The van der Waals surface area contributed by atoms with Crippen molar-refractivity contribution in [2.45, 2.75) is 25.5 Å². The first-order valence-corrected chi connectivity index (χ1v) is 9.45. The molecule has 8 heteroatoms. The number of rotatable bonds is 8. The van der Waals surface area contributed by atoms with Crippen molar-refractivity contribution >= 4 is 17.7 Å². The van der Waals surface area contributed by atoms with Crippen molar-refractivity contribution in [3.05, 3.63) is 59.7 Å². The van der Waals surface area contributed by atoms with Crippen molar-refractivity contribution in [1.82, 2.24) is 10.2 Å². The van der Waals surface area contributed by atoms with Crippen molar-refractivity contribution in [1.29, 1.82) is 0 Å². The van der Waals surface area contributed by atoms with Gasteiger partial charge in [0.15, 0.2) is 5.78 Å². The van der Waals surface area contributed by atoms with Gasteiger partial charge in [-0.05, 0) is 43.7 Å². The van der Waals surface area contributed by atoms with Crippen LogP contribution >= 0.6 is 0 Å². The maximum atomic E-state index is 12.9. The second kappa shape index (κ2) is 8.54. The second-order valence-corrected chi connectivity index (χ2v) is 7.25. The van der Waals surface area contributed by atoms with Gasteiger partial charge in [0.05, 0.1) is 13.7 Å². The SMILES string of the molecule is COc1ccc([C@@]2(C)NC(=O)N(C[C@H](O)COc3cccc(C(C)=O)c3)C2=O)cc1. The van der Waals surface area contributed by atoms with Crippen LogP contribution in [0.1, 0.15) is 29.8 Å². The van der Waals surface area contributed by atoms with E-state index in [4.69, 9.17) is 9.47 Å². The number of hydrogen-bond acceptors (Lipinski definition) is 6. The van der Waals surface area contributed by atoms with E-state index in [2.05, 4.69) is 5.32 Å².